The Hall–Kier alpha value is -1.55. The van der Waals surface area contributed by atoms with Crippen LogP contribution >= 0.6 is 11.6 Å². The summed E-state index contributed by atoms with van der Waals surface area (Å²) < 4.78 is 4.72. The van der Waals surface area contributed by atoms with E-state index in [9.17, 15) is 9.59 Å². The number of ether oxygens (including phenoxy) is 1. The summed E-state index contributed by atoms with van der Waals surface area (Å²) in [7, 11) is 0. The first-order chi connectivity index (χ1) is 9.01. The van der Waals surface area contributed by atoms with Crippen LogP contribution < -0.4 is 0 Å². The van der Waals surface area contributed by atoms with Crippen molar-refractivity contribution in [3.63, 3.8) is 0 Å². The maximum absolute atomic E-state index is 10.9. The van der Waals surface area contributed by atoms with E-state index in [0.717, 1.165) is 0 Å². The third-order valence-electron chi connectivity index (χ3n) is 2.14. The number of benzene rings is 1. The average Bonchev–Trinajstić information content (AvgIpc) is 2.37. The summed E-state index contributed by atoms with van der Waals surface area (Å²) in [5.74, 6) is -1.98. The second kappa shape index (κ2) is 10.4. The van der Waals surface area contributed by atoms with Crippen molar-refractivity contribution in [3.05, 3.63) is 34.9 Å². The van der Waals surface area contributed by atoms with Gasteiger partial charge in [0, 0.05) is 10.6 Å². The van der Waals surface area contributed by atoms with Crippen molar-refractivity contribution in [1.29, 1.82) is 0 Å². The van der Waals surface area contributed by atoms with Gasteiger partial charge < -0.3 is 9.84 Å². The topological polar surface area (TPSA) is 63.6 Å². The van der Waals surface area contributed by atoms with Crippen LogP contribution in [-0.2, 0) is 20.9 Å². The maximum atomic E-state index is 10.9. The minimum Gasteiger partial charge on any atom is -0.481 e. The van der Waals surface area contributed by atoms with Crippen molar-refractivity contribution in [2.24, 2.45) is 0 Å². The first kappa shape index (κ1) is 17.4. The SMILES string of the molecule is CCCC.O=C(O)CC(=O)OCc1ccccc1Cl. The highest BCUT2D eigenvalue weighted by atomic mass is 35.5. The number of aliphatic carboxylic acids is 1. The number of carbonyl (C=O) groups is 2. The molecular weight excluding hydrogens is 268 g/mol. The standard InChI is InChI=1S/C10H9ClO4.C4H10/c11-8-4-2-1-3-7(8)6-15-10(14)5-9(12)13;1-3-4-2/h1-4H,5-6H2,(H,12,13);3-4H2,1-2H3. The Kier molecular flexibility index (Phi) is 9.53. The first-order valence-electron chi connectivity index (χ1n) is 6.12. The van der Waals surface area contributed by atoms with Crippen LogP contribution in [0.1, 0.15) is 38.7 Å². The van der Waals surface area contributed by atoms with Crippen LogP contribution in [0.15, 0.2) is 24.3 Å². The number of rotatable bonds is 5. The van der Waals surface area contributed by atoms with E-state index < -0.39 is 18.4 Å². The molecule has 0 saturated carbocycles. The fraction of sp³-hybridized carbons (Fsp3) is 0.429. The summed E-state index contributed by atoms with van der Waals surface area (Å²) in [6, 6.07) is 6.88. The van der Waals surface area contributed by atoms with Crippen LogP contribution in [0.4, 0.5) is 0 Å². The van der Waals surface area contributed by atoms with Gasteiger partial charge in [-0.2, -0.15) is 0 Å². The maximum Gasteiger partial charge on any atom is 0.317 e. The Morgan fingerprint density at radius 2 is 1.79 bits per heavy atom. The van der Waals surface area contributed by atoms with Crippen molar-refractivity contribution in [1.82, 2.24) is 0 Å². The first-order valence-corrected chi connectivity index (χ1v) is 6.49. The van der Waals surface area contributed by atoms with E-state index in [0.29, 0.717) is 10.6 Å². The Balaban J connectivity index is 0.000000711. The molecule has 1 rings (SSSR count). The summed E-state index contributed by atoms with van der Waals surface area (Å²) in [6.45, 7) is 4.35. The highest BCUT2D eigenvalue weighted by Gasteiger charge is 2.09. The van der Waals surface area contributed by atoms with Gasteiger partial charge in [-0.05, 0) is 6.07 Å². The number of hydrogen-bond acceptors (Lipinski definition) is 3. The molecule has 0 amide bonds. The molecule has 0 bridgehead atoms. The lowest BCUT2D eigenvalue weighted by Crippen LogP contribution is -2.10. The molecule has 0 aliphatic carbocycles. The van der Waals surface area contributed by atoms with Crippen LogP contribution in [0.25, 0.3) is 0 Å². The molecular formula is C14H19ClO4. The third kappa shape index (κ3) is 9.08. The molecule has 0 heterocycles. The summed E-state index contributed by atoms with van der Waals surface area (Å²) in [5.41, 5.74) is 0.651. The Morgan fingerprint density at radius 1 is 1.21 bits per heavy atom. The van der Waals surface area contributed by atoms with Gasteiger partial charge in [-0.1, -0.05) is 56.5 Å². The number of unbranched alkanes of at least 4 members (excludes halogenated alkanes) is 1. The smallest absolute Gasteiger partial charge is 0.317 e. The highest BCUT2D eigenvalue weighted by molar-refractivity contribution is 6.31. The van der Waals surface area contributed by atoms with Gasteiger partial charge in [-0.15, -0.1) is 0 Å². The van der Waals surface area contributed by atoms with E-state index in [1.165, 1.54) is 12.8 Å². The molecule has 1 aromatic carbocycles. The Bertz CT molecular complexity index is 402. The second-order valence-electron chi connectivity index (χ2n) is 3.82. The van der Waals surface area contributed by atoms with Gasteiger partial charge in [-0.25, -0.2) is 0 Å². The van der Waals surface area contributed by atoms with Gasteiger partial charge in [0.25, 0.3) is 0 Å². The predicted octanol–water partition coefficient (Wildman–Crippen LogP) is 3.66. The number of carboxylic acids is 1. The van der Waals surface area contributed by atoms with Crippen molar-refractivity contribution < 1.29 is 19.4 Å². The molecule has 0 spiro atoms. The molecule has 106 valence electrons. The molecule has 0 aromatic heterocycles. The van der Waals surface area contributed by atoms with Crippen LogP contribution in [0.2, 0.25) is 5.02 Å². The lowest BCUT2D eigenvalue weighted by molar-refractivity contribution is -0.152. The molecule has 0 unspecified atom stereocenters. The van der Waals surface area contributed by atoms with E-state index in [1.807, 2.05) is 0 Å². The summed E-state index contributed by atoms with van der Waals surface area (Å²) in [5, 5.41) is 8.80. The van der Waals surface area contributed by atoms with Gasteiger partial charge in [0.15, 0.2) is 0 Å². The molecule has 1 N–H and O–H groups in total. The number of carbonyl (C=O) groups excluding carboxylic acids is 1. The van der Waals surface area contributed by atoms with Crippen molar-refractivity contribution >= 4 is 23.5 Å². The monoisotopic (exact) mass is 286 g/mol. The lowest BCUT2D eigenvalue weighted by atomic mass is 10.2. The number of esters is 1. The minimum absolute atomic E-state index is 0.00815. The Morgan fingerprint density at radius 3 is 2.26 bits per heavy atom. The molecule has 4 nitrogen and oxygen atoms in total. The molecule has 0 saturated heterocycles. The van der Waals surface area contributed by atoms with E-state index in [-0.39, 0.29) is 6.61 Å². The van der Waals surface area contributed by atoms with E-state index in [1.54, 1.807) is 24.3 Å². The normalized spacial score (nSPS) is 9.21. The van der Waals surface area contributed by atoms with E-state index in [4.69, 9.17) is 21.4 Å². The zero-order chi connectivity index (χ0) is 14.7. The van der Waals surface area contributed by atoms with Crippen LogP contribution in [0, 0.1) is 0 Å². The number of carboxylic acid groups (broad SMARTS) is 1. The van der Waals surface area contributed by atoms with Gasteiger partial charge >= 0.3 is 11.9 Å². The fourth-order valence-corrected chi connectivity index (χ4v) is 1.14. The van der Waals surface area contributed by atoms with Crippen molar-refractivity contribution in [3.8, 4) is 0 Å². The average molecular weight is 287 g/mol. The molecule has 0 atom stereocenters. The van der Waals surface area contributed by atoms with Crippen LogP contribution in [0.5, 0.6) is 0 Å². The number of hydrogen-bond donors (Lipinski definition) is 1. The molecule has 0 radical (unpaired) electrons. The lowest BCUT2D eigenvalue weighted by Gasteiger charge is -2.04. The Labute approximate surface area is 118 Å². The summed E-state index contributed by atoms with van der Waals surface area (Å²) in [6.07, 6.45) is 2.00. The predicted molar refractivity (Wildman–Crippen MR) is 74.1 cm³/mol. The minimum atomic E-state index is -1.21. The van der Waals surface area contributed by atoms with Crippen molar-refractivity contribution in [2.45, 2.75) is 39.7 Å². The van der Waals surface area contributed by atoms with Crippen LogP contribution in [-0.4, -0.2) is 17.0 Å². The van der Waals surface area contributed by atoms with Gasteiger partial charge in [0.1, 0.15) is 13.0 Å². The number of halogens is 1. The molecule has 19 heavy (non-hydrogen) atoms. The summed E-state index contributed by atoms with van der Waals surface area (Å²) in [4.78, 5) is 21.1. The summed E-state index contributed by atoms with van der Waals surface area (Å²) >= 11 is 5.81. The second-order valence-corrected chi connectivity index (χ2v) is 4.23. The molecule has 0 aliphatic heterocycles. The van der Waals surface area contributed by atoms with Crippen LogP contribution in [0.3, 0.4) is 0 Å². The zero-order valence-corrected chi connectivity index (χ0v) is 11.9. The van der Waals surface area contributed by atoms with Gasteiger partial charge in [0.2, 0.25) is 0 Å². The zero-order valence-electron chi connectivity index (χ0n) is 11.2. The highest BCUT2D eigenvalue weighted by Crippen LogP contribution is 2.15. The van der Waals surface area contributed by atoms with E-state index in [2.05, 4.69) is 13.8 Å². The quantitative estimate of drug-likeness (QED) is 0.663. The molecule has 0 fully saturated rings. The molecule has 5 heteroatoms. The van der Waals surface area contributed by atoms with Gasteiger partial charge in [0.05, 0.1) is 0 Å². The molecule has 0 aliphatic rings. The fourth-order valence-electron chi connectivity index (χ4n) is 0.948. The third-order valence-corrected chi connectivity index (χ3v) is 2.51. The molecule has 1 aromatic rings. The largest absolute Gasteiger partial charge is 0.481 e. The van der Waals surface area contributed by atoms with E-state index >= 15 is 0 Å². The van der Waals surface area contributed by atoms with Crippen molar-refractivity contribution in [2.75, 3.05) is 0 Å². The van der Waals surface area contributed by atoms with Gasteiger partial charge in [-0.3, -0.25) is 9.59 Å².